The number of nitrogens with one attached hydrogen (secondary N) is 1. The summed E-state index contributed by atoms with van der Waals surface area (Å²) >= 11 is 0. The SMILES string of the molecule is CC(C)(C)NC(=O)c1cn(-c2c(F)cc(F)cc2F)c2nc(N3C[C@@H](O)CC3=O)ccc2c1=O. The number of carbonyl (C=O) groups excluding carboxylic acids is 2. The molecule has 0 radical (unpaired) electrons. The van der Waals surface area contributed by atoms with Crippen molar-refractivity contribution in [1.29, 1.82) is 0 Å². The van der Waals surface area contributed by atoms with Crippen LogP contribution in [-0.2, 0) is 4.79 Å². The van der Waals surface area contributed by atoms with E-state index in [4.69, 9.17) is 0 Å². The van der Waals surface area contributed by atoms with Crippen molar-refractivity contribution in [2.45, 2.75) is 38.8 Å². The third-order valence-electron chi connectivity index (χ3n) is 5.17. The van der Waals surface area contributed by atoms with Crippen LogP contribution in [0, 0.1) is 17.5 Å². The maximum absolute atomic E-state index is 14.7. The van der Waals surface area contributed by atoms with E-state index in [9.17, 15) is 32.7 Å². The summed E-state index contributed by atoms with van der Waals surface area (Å²) < 4.78 is 43.9. The number of anilines is 1. The van der Waals surface area contributed by atoms with Gasteiger partial charge in [-0.3, -0.25) is 23.9 Å². The van der Waals surface area contributed by atoms with Gasteiger partial charge in [0.1, 0.15) is 22.9 Å². The van der Waals surface area contributed by atoms with Crippen LogP contribution in [0.25, 0.3) is 16.7 Å². The van der Waals surface area contributed by atoms with Crippen molar-refractivity contribution < 1.29 is 27.9 Å². The highest BCUT2D eigenvalue weighted by molar-refractivity contribution is 5.99. The Balaban J connectivity index is 2.02. The molecule has 0 spiro atoms. The maximum atomic E-state index is 14.7. The Bertz CT molecular complexity index is 1370. The first-order valence-corrected chi connectivity index (χ1v) is 10.4. The van der Waals surface area contributed by atoms with Gasteiger partial charge in [-0.1, -0.05) is 0 Å². The largest absolute Gasteiger partial charge is 0.391 e. The quantitative estimate of drug-likeness (QED) is 0.607. The van der Waals surface area contributed by atoms with Gasteiger partial charge in [-0.05, 0) is 32.9 Å². The maximum Gasteiger partial charge on any atom is 0.257 e. The van der Waals surface area contributed by atoms with Crippen LogP contribution in [0.4, 0.5) is 19.0 Å². The van der Waals surface area contributed by atoms with Crippen LogP contribution >= 0.6 is 0 Å². The molecule has 0 bridgehead atoms. The second kappa shape index (κ2) is 8.24. The minimum absolute atomic E-state index is 0.0389. The second-order valence-corrected chi connectivity index (χ2v) is 9.07. The zero-order valence-corrected chi connectivity index (χ0v) is 18.5. The predicted molar refractivity (Wildman–Crippen MR) is 117 cm³/mol. The van der Waals surface area contributed by atoms with Crippen LogP contribution < -0.4 is 15.6 Å². The number of halogens is 3. The van der Waals surface area contributed by atoms with Gasteiger partial charge < -0.3 is 10.4 Å². The molecule has 2 N–H and O–H groups in total. The molecule has 2 aromatic heterocycles. The van der Waals surface area contributed by atoms with E-state index in [1.807, 2.05) is 0 Å². The Morgan fingerprint density at radius 1 is 1.15 bits per heavy atom. The van der Waals surface area contributed by atoms with Gasteiger partial charge in [0, 0.05) is 23.9 Å². The highest BCUT2D eigenvalue weighted by Gasteiger charge is 2.31. The molecule has 8 nitrogen and oxygen atoms in total. The number of benzene rings is 1. The summed E-state index contributed by atoms with van der Waals surface area (Å²) in [5, 5.41) is 12.3. The lowest BCUT2D eigenvalue weighted by Gasteiger charge is -2.21. The van der Waals surface area contributed by atoms with Gasteiger partial charge in [0.25, 0.3) is 5.91 Å². The molecule has 0 aliphatic carbocycles. The zero-order valence-electron chi connectivity index (χ0n) is 18.5. The molecule has 178 valence electrons. The molecule has 34 heavy (non-hydrogen) atoms. The van der Waals surface area contributed by atoms with E-state index in [0.29, 0.717) is 12.1 Å². The number of fused-ring (bicyclic) bond motifs is 1. The van der Waals surface area contributed by atoms with Crippen LogP contribution in [0.3, 0.4) is 0 Å². The van der Waals surface area contributed by atoms with Crippen molar-refractivity contribution >= 4 is 28.7 Å². The molecule has 1 saturated heterocycles. The Morgan fingerprint density at radius 3 is 2.35 bits per heavy atom. The van der Waals surface area contributed by atoms with Crippen molar-refractivity contribution in [3.63, 3.8) is 0 Å². The Morgan fingerprint density at radius 2 is 1.79 bits per heavy atom. The topological polar surface area (TPSA) is 105 Å². The molecular weight excluding hydrogens is 453 g/mol. The molecular formula is C23H21F3N4O4. The number of pyridine rings is 2. The van der Waals surface area contributed by atoms with Crippen molar-refractivity contribution in [2.75, 3.05) is 11.4 Å². The van der Waals surface area contributed by atoms with Crippen LogP contribution in [0.15, 0.2) is 35.3 Å². The summed E-state index contributed by atoms with van der Waals surface area (Å²) in [6.07, 6.45) is -0.106. The first-order chi connectivity index (χ1) is 15.9. The molecule has 2 amide bonds. The summed E-state index contributed by atoms with van der Waals surface area (Å²) in [6, 6.07) is 3.54. The van der Waals surface area contributed by atoms with E-state index in [1.54, 1.807) is 20.8 Å². The molecule has 1 atom stereocenters. The molecule has 0 saturated carbocycles. The molecule has 11 heteroatoms. The lowest BCUT2D eigenvalue weighted by molar-refractivity contribution is -0.117. The van der Waals surface area contributed by atoms with E-state index in [1.165, 1.54) is 17.0 Å². The lowest BCUT2D eigenvalue weighted by atomic mass is 10.1. The predicted octanol–water partition coefficient (Wildman–Crippen LogP) is 2.43. The van der Waals surface area contributed by atoms with Crippen LogP contribution in [0.5, 0.6) is 0 Å². The Kier molecular flexibility index (Phi) is 5.68. The van der Waals surface area contributed by atoms with Crippen LogP contribution in [0.2, 0.25) is 0 Å². The summed E-state index contributed by atoms with van der Waals surface area (Å²) in [4.78, 5) is 43.6. The van der Waals surface area contributed by atoms with Gasteiger partial charge in [0.2, 0.25) is 11.3 Å². The average molecular weight is 474 g/mol. The molecule has 3 aromatic rings. The number of amides is 2. The fourth-order valence-electron chi connectivity index (χ4n) is 3.76. The van der Waals surface area contributed by atoms with Gasteiger partial charge in [0.05, 0.1) is 24.5 Å². The normalized spacial score (nSPS) is 16.4. The number of rotatable bonds is 3. The van der Waals surface area contributed by atoms with Gasteiger partial charge in [-0.25, -0.2) is 18.2 Å². The van der Waals surface area contributed by atoms with E-state index in [2.05, 4.69) is 10.3 Å². The van der Waals surface area contributed by atoms with Gasteiger partial charge >= 0.3 is 0 Å². The minimum Gasteiger partial charge on any atom is -0.391 e. The molecule has 1 aliphatic rings. The third kappa shape index (κ3) is 4.26. The van der Waals surface area contributed by atoms with Crippen LogP contribution in [0.1, 0.15) is 37.6 Å². The second-order valence-electron chi connectivity index (χ2n) is 9.07. The number of aromatic nitrogens is 2. The summed E-state index contributed by atoms with van der Waals surface area (Å²) in [7, 11) is 0. The Labute approximate surface area is 191 Å². The number of β-amino-alcohol motifs (C(OH)–C–C–N with tert-alkyl or cyclic N) is 1. The van der Waals surface area contributed by atoms with E-state index in [0.717, 1.165) is 10.8 Å². The molecule has 1 aromatic carbocycles. The molecule has 1 fully saturated rings. The van der Waals surface area contributed by atoms with E-state index < -0.39 is 57.6 Å². The number of hydrogen-bond acceptors (Lipinski definition) is 5. The fraction of sp³-hybridized carbons (Fsp3) is 0.304. The molecule has 1 aliphatic heterocycles. The summed E-state index contributed by atoms with van der Waals surface area (Å²) in [5.41, 5.74) is -2.88. The van der Waals surface area contributed by atoms with Gasteiger partial charge in [0.15, 0.2) is 17.3 Å². The Hall–Kier alpha value is -3.73. The molecule has 4 rings (SSSR count). The van der Waals surface area contributed by atoms with Crippen LogP contribution in [-0.4, -0.2) is 44.7 Å². The monoisotopic (exact) mass is 474 g/mol. The number of aliphatic hydroxyl groups excluding tert-OH is 1. The van der Waals surface area contributed by atoms with Gasteiger partial charge in [-0.15, -0.1) is 0 Å². The molecule has 3 heterocycles. The van der Waals surface area contributed by atoms with Crippen molar-refractivity contribution in [1.82, 2.24) is 14.9 Å². The lowest BCUT2D eigenvalue weighted by Crippen LogP contribution is -2.42. The van der Waals surface area contributed by atoms with E-state index >= 15 is 0 Å². The average Bonchev–Trinajstić information content (AvgIpc) is 3.05. The van der Waals surface area contributed by atoms with Crippen molar-refractivity contribution in [3.8, 4) is 5.69 Å². The number of aliphatic hydroxyl groups is 1. The smallest absolute Gasteiger partial charge is 0.257 e. The molecule has 0 unspecified atom stereocenters. The number of hydrogen-bond donors (Lipinski definition) is 2. The highest BCUT2D eigenvalue weighted by Crippen LogP contribution is 2.26. The fourth-order valence-corrected chi connectivity index (χ4v) is 3.76. The highest BCUT2D eigenvalue weighted by atomic mass is 19.1. The third-order valence-corrected chi connectivity index (χ3v) is 5.17. The number of nitrogens with zero attached hydrogens (tertiary/aromatic N) is 3. The first kappa shape index (κ1) is 23.4. The first-order valence-electron chi connectivity index (χ1n) is 10.4. The van der Waals surface area contributed by atoms with Crippen molar-refractivity contribution in [2.24, 2.45) is 0 Å². The minimum atomic E-state index is -1.29. The summed E-state index contributed by atoms with van der Waals surface area (Å²) in [6.45, 7) is 5.03. The zero-order chi connectivity index (χ0) is 24.9. The summed E-state index contributed by atoms with van der Waals surface area (Å²) in [5.74, 6) is -4.89. The number of carbonyl (C=O) groups is 2. The van der Waals surface area contributed by atoms with E-state index in [-0.39, 0.29) is 29.8 Å². The van der Waals surface area contributed by atoms with Crippen molar-refractivity contribution in [3.05, 3.63) is 63.7 Å². The standard InChI is InChI=1S/C23H21F3N4O4/c1-23(2,3)28-22(34)14-10-30(19-15(25)6-11(24)7-16(19)26)21-13(20(14)33)4-5-17(27-21)29-9-12(31)8-18(29)32/h4-7,10,12,31H,8-9H2,1-3H3,(H,28,34)/t12-/m0/s1. The van der Waals surface area contributed by atoms with Gasteiger partial charge in [-0.2, -0.15) is 0 Å².